The summed E-state index contributed by atoms with van der Waals surface area (Å²) in [4.78, 5) is 17.3. The summed E-state index contributed by atoms with van der Waals surface area (Å²) >= 11 is 0. The second-order valence-electron chi connectivity index (χ2n) is 8.05. The van der Waals surface area contributed by atoms with Crippen molar-refractivity contribution in [2.45, 2.75) is 23.8 Å². The highest BCUT2D eigenvalue weighted by Gasteiger charge is 2.26. The quantitative estimate of drug-likeness (QED) is 0.467. The zero-order valence-electron chi connectivity index (χ0n) is 17.8. The lowest BCUT2D eigenvalue weighted by Crippen LogP contribution is -2.13. The Morgan fingerprint density at radius 2 is 1.79 bits per heavy atom. The van der Waals surface area contributed by atoms with E-state index in [0.29, 0.717) is 11.7 Å². The summed E-state index contributed by atoms with van der Waals surface area (Å²) < 4.78 is 25.4. The number of hydrogen-bond acceptors (Lipinski definition) is 6. The molecule has 33 heavy (non-hydrogen) atoms. The molecule has 0 bridgehead atoms. The van der Waals surface area contributed by atoms with Crippen molar-refractivity contribution in [3.05, 3.63) is 78.9 Å². The Morgan fingerprint density at radius 3 is 2.52 bits per heavy atom. The Kier molecular flexibility index (Phi) is 5.26. The van der Waals surface area contributed by atoms with Crippen LogP contribution in [0.5, 0.6) is 0 Å². The van der Waals surface area contributed by atoms with Gasteiger partial charge in [-0.15, -0.1) is 10.2 Å². The molecule has 4 aromatic rings. The normalized spacial score (nSPS) is 13.6. The molecule has 8 nitrogen and oxygen atoms in total. The molecule has 2 heterocycles. The zero-order valence-corrected chi connectivity index (χ0v) is 18.7. The number of amides is 1. The number of carbonyl (C=O) groups is 1. The molecule has 0 aliphatic heterocycles. The number of carbonyl (C=O) groups excluding carboxylic acids is 1. The molecular weight excluding hydrogens is 438 g/mol. The average molecular weight is 460 g/mol. The Balaban J connectivity index is 1.36. The fraction of sp³-hybridized carbons (Fsp3) is 0.167. The summed E-state index contributed by atoms with van der Waals surface area (Å²) in [7, 11) is -3.27. The van der Waals surface area contributed by atoms with Crippen LogP contribution >= 0.6 is 0 Å². The molecule has 166 valence electrons. The van der Waals surface area contributed by atoms with Crippen LogP contribution in [0.15, 0.2) is 78.1 Å². The van der Waals surface area contributed by atoms with Crippen LogP contribution in [0, 0.1) is 0 Å². The lowest BCUT2D eigenvalue weighted by molar-refractivity contribution is 0.102. The summed E-state index contributed by atoms with van der Waals surface area (Å²) in [5.41, 5.74) is 3.32. The molecule has 0 saturated heterocycles. The number of nitrogens with one attached hydrogen (secondary N) is 1. The number of aromatic nitrogens is 4. The third kappa shape index (κ3) is 4.54. The summed E-state index contributed by atoms with van der Waals surface area (Å²) in [5, 5.41) is 11.2. The van der Waals surface area contributed by atoms with Crippen LogP contribution < -0.4 is 5.32 Å². The van der Waals surface area contributed by atoms with Crippen molar-refractivity contribution in [1.29, 1.82) is 0 Å². The second-order valence-corrected chi connectivity index (χ2v) is 10.1. The first-order valence-electron chi connectivity index (χ1n) is 10.5. The molecule has 1 fully saturated rings. The number of anilines is 1. The van der Waals surface area contributed by atoms with Crippen LogP contribution in [0.4, 0.5) is 5.69 Å². The van der Waals surface area contributed by atoms with Crippen LogP contribution in [-0.4, -0.2) is 40.3 Å². The highest BCUT2D eigenvalue weighted by Crippen LogP contribution is 2.37. The van der Waals surface area contributed by atoms with Gasteiger partial charge in [0.1, 0.15) is 12.0 Å². The van der Waals surface area contributed by atoms with E-state index in [1.165, 1.54) is 6.26 Å². The molecule has 0 radical (unpaired) electrons. The van der Waals surface area contributed by atoms with Gasteiger partial charge in [0.25, 0.3) is 5.91 Å². The number of hydrogen-bond donors (Lipinski definition) is 1. The van der Waals surface area contributed by atoms with Crippen molar-refractivity contribution < 1.29 is 13.2 Å². The Morgan fingerprint density at radius 1 is 1.00 bits per heavy atom. The minimum Gasteiger partial charge on any atom is -0.321 e. The van der Waals surface area contributed by atoms with E-state index in [9.17, 15) is 13.2 Å². The van der Waals surface area contributed by atoms with Gasteiger partial charge < -0.3 is 9.88 Å². The zero-order chi connectivity index (χ0) is 23.0. The van der Waals surface area contributed by atoms with Gasteiger partial charge in [-0.3, -0.25) is 9.78 Å². The molecule has 5 rings (SSSR count). The van der Waals surface area contributed by atoms with E-state index in [4.69, 9.17) is 0 Å². The Bertz CT molecular complexity index is 1440. The van der Waals surface area contributed by atoms with E-state index in [2.05, 4.69) is 25.1 Å². The molecule has 0 unspecified atom stereocenters. The van der Waals surface area contributed by atoms with Crippen LogP contribution in [0.2, 0.25) is 0 Å². The first-order chi connectivity index (χ1) is 15.9. The highest BCUT2D eigenvalue weighted by molar-refractivity contribution is 7.90. The molecular formula is C24H21N5O3S. The van der Waals surface area contributed by atoms with Crippen molar-refractivity contribution in [3.8, 4) is 22.5 Å². The average Bonchev–Trinajstić information content (AvgIpc) is 3.55. The first-order valence-corrected chi connectivity index (χ1v) is 12.4. The Labute approximate surface area is 191 Å². The predicted molar refractivity (Wildman–Crippen MR) is 124 cm³/mol. The number of rotatable bonds is 6. The number of sulfone groups is 1. The molecule has 1 amide bonds. The summed E-state index contributed by atoms with van der Waals surface area (Å²) in [6.07, 6.45) is 6.72. The minimum absolute atomic E-state index is 0.246. The second kappa shape index (κ2) is 8.25. The van der Waals surface area contributed by atoms with Crippen molar-refractivity contribution >= 4 is 21.4 Å². The SMILES string of the molecule is CS(=O)(=O)c1ccc(-c2ccnc(C(=O)Nc3cccc(-c4nncn4C4CC4)c3)c2)cc1. The molecule has 1 N–H and O–H groups in total. The van der Waals surface area contributed by atoms with Gasteiger partial charge in [0.05, 0.1) is 4.90 Å². The fourth-order valence-electron chi connectivity index (χ4n) is 3.63. The molecule has 0 spiro atoms. The first kappa shape index (κ1) is 21.0. The van der Waals surface area contributed by atoms with E-state index >= 15 is 0 Å². The number of benzene rings is 2. The van der Waals surface area contributed by atoms with Crippen molar-refractivity contribution in [2.75, 3.05) is 11.6 Å². The maximum Gasteiger partial charge on any atom is 0.274 e. The van der Waals surface area contributed by atoms with Crippen molar-refractivity contribution in [1.82, 2.24) is 19.7 Å². The Hall–Kier alpha value is -3.85. The molecule has 0 atom stereocenters. The van der Waals surface area contributed by atoms with Gasteiger partial charge in [0.2, 0.25) is 0 Å². The van der Waals surface area contributed by atoms with Gasteiger partial charge in [-0.05, 0) is 60.4 Å². The van der Waals surface area contributed by atoms with Crippen molar-refractivity contribution in [2.24, 2.45) is 0 Å². The van der Waals surface area contributed by atoms with E-state index < -0.39 is 9.84 Å². The van der Waals surface area contributed by atoms with Gasteiger partial charge in [-0.25, -0.2) is 8.42 Å². The van der Waals surface area contributed by atoms with Crippen LogP contribution in [-0.2, 0) is 9.84 Å². The lowest BCUT2D eigenvalue weighted by Gasteiger charge is -2.09. The summed E-state index contributed by atoms with van der Waals surface area (Å²) in [6, 6.07) is 17.9. The molecule has 2 aromatic heterocycles. The summed E-state index contributed by atoms with van der Waals surface area (Å²) in [6.45, 7) is 0. The van der Waals surface area contributed by atoms with E-state index in [1.807, 2.05) is 24.3 Å². The maximum atomic E-state index is 12.9. The van der Waals surface area contributed by atoms with Crippen LogP contribution in [0.25, 0.3) is 22.5 Å². The van der Waals surface area contributed by atoms with Gasteiger partial charge in [0, 0.05) is 29.7 Å². The fourth-order valence-corrected chi connectivity index (χ4v) is 4.26. The highest BCUT2D eigenvalue weighted by atomic mass is 32.2. The third-order valence-electron chi connectivity index (χ3n) is 5.50. The molecule has 9 heteroatoms. The monoisotopic (exact) mass is 459 g/mol. The van der Waals surface area contributed by atoms with Gasteiger partial charge >= 0.3 is 0 Å². The maximum absolute atomic E-state index is 12.9. The van der Waals surface area contributed by atoms with Gasteiger partial charge in [0.15, 0.2) is 15.7 Å². The standard InChI is InChI=1S/C24H21N5O3S/c1-33(31,32)21-9-5-16(6-10-21)17-11-12-25-22(14-17)24(30)27-19-4-2-3-18(13-19)23-28-26-15-29(23)20-7-8-20/h2-6,9-15,20H,7-8H2,1H3,(H,27,30). The van der Waals surface area contributed by atoms with Gasteiger partial charge in [-0.2, -0.15) is 0 Å². The third-order valence-corrected chi connectivity index (χ3v) is 6.63. The molecule has 1 saturated carbocycles. The predicted octanol–water partition coefficient (Wildman–Crippen LogP) is 4.00. The summed E-state index contributed by atoms with van der Waals surface area (Å²) in [5.74, 6) is 0.441. The molecule has 1 aliphatic rings. The smallest absolute Gasteiger partial charge is 0.274 e. The molecule has 1 aliphatic carbocycles. The minimum atomic E-state index is -3.27. The largest absolute Gasteiger partial charge is 0.321 e. The number of nitrogens with zero attached hydrogens (tertiary/aromatic N) is 4. The van der Waals surface area contributed by atoms with Crippen molar-refractivity contribution in [3.63, 3.8) is 0 Å². The topological polar surface area (TPSA) is 107 Å². The molecule has 2 aromatic carbocycles. The number of pyridine rings is 1. The van der Waals surface area contributed by atoms with E-state index in [0.717, 1.165) is 35.4 Å². The van der Waals surface area contributed by atoms with E-state index in [1.54, 1.807) is 48.9 Å². The van der Waals surface area contributed by atoms with Crippen LogP contribution in [0.3, 0.4) is 0 Å². The lowest BCUT2D eigenvalue weighted by atomic mass is 10.1. The van der Waals surface area contributed by atoms with Crippen LogP contribution in [0.1, 0.15) is 29.4 Å². The van der Waals surface area contributed by atoms with E-state index in [-0.39, 0.29) is 16.5 Å². The van der Waals surface area contributed by atoms with Gasteiger partial charge in [-0.1, -0.05) is 24.3 Å².